The van der Waals surface area contributed by atoms with Gasteiger partial charge in [-0.05, 0) is 85.8 Å². The van der Waals surface area contributed by atoms with Gasteiger partial charge in [0.15, 0.2) is 8.07 Å². The van der Waals surface area contributed by atoms with E-state index in [1.165, 1.54) is 70.5 Å². The van der Waals surface area contributed by atoms with Crippen LogP contribution in [0.5, 0.6) is 0 Å². The lowest BCUT2D eigenvalue weighted by atomic mass is 10.0. The van der Waals surface area contributed by atoms with Crippen LogP contribution in [0, 0.1) is 0 Å². The van der Waals surface area contributed by atoms with Crippen molar-refractivity contribution in [2.45, 2.75) is 6.42 Å². The number of nitrogens with zero attached hydrogens (tertiary/aromatic N) is 3. The molecule has 0 unspecified atom stereocenters. The summed E-state index contributed by atoms with van der Waals surface area (Å²) in [7, 11) is -2.92. The molecule has 0 saturated heterocycles. The fourth-order valence-electron chi connectivity index (χ4n) is 9.41. The normalized spacial score (nSPS) is 12.2. The minimum atomic E-state index is -2.92. The van der Waals surface area contributed by atoms with Crippen molar-refractivity contribution in [3.63, 3.8) is 0 Å². The van der Waals surface area contributed by atoms with Gasteiger partial charge in [-0.25, -0.2) is 4.98 Å². The van der Waals surface area contributed by atoms with E-state index in [2.05, 4.69) is 216 Å². The molecule has 0 aliphatic heterocycles. The van der Waals surface area contributed by atoms with E-state index < -0.39 is 8.07 Å². The van der Waals surface area contributed by atoms with Gasteiger partial charge in [-0.15, -0.1) is 0 Å². The maximum Gasteiger partial charge on any atom is 0.180 e. The van der Waals surface area contributed by atoms with Gasteiger partial charge in [0, 0.05) is 40.1 Å². The van der Waals surface area contributed by atoms with E-state index in [9.17, 15) is 0 Å². The Morgan fingerprint density at radius 3 is 1.57 bits per heavy atom. The van der Waals surface area contributed by atoms with Crippen LogP contribution in [-0.2, 0) is 6.42 Å². The summed E-state index contributed by atoms with van der Waals surface area (Å²) in [4.78, 5) is 4.82. The van der Waals surface area contributed by atoms with Gasteiger partial charge in [-0.2, -0.15) is 0 Å². The molecule has 56 heavy (non-hydrogen) atoms. The summed E-state index contributed by atoms with van der Waals surface area (Å²) in [5, 5.41) is 8.09. The molecular formula is C52H37N3Si. The Balaban J connectivity index is 1.26. The lowest BCUT2D eigenvalue weighted by Gasteiger charge is -2.36. The Hall–Kier alpha value is -7.01. The van der Waals surface area contributed by atoms with Gasteiger partial charge < -0.3 is 4.57 Å². The minimum Gasteiger partial charge on any atom is -0.309 e. The predicted molar refractivity (Wildman–Crippen MR) is 235 cm³/mol. The molecule has 2 aromatic heterocycles. The van der Waals surface area contributed by atoms with E-state index in [-0.39, 0.29) is 0 Å². The molecule has 0 radical (unpaired) electrons. The quantitative estimate of drug-likeness (QED) is 0.118. The molecule has 264 valence electrons. The van der Waals surface area contributed by atoms with Crippen molar-refractivity contribution in [2.75, 3.05) is 0 Å². The van der Waals surface area contributed by atoms with E-state index in [0.29, 0.717) is 0 Å². The molecule has 0 amide bonds. The number of para-hydroxylation sites is 2. The first-order valence-electron chi connectivity index (χ1n) is 19.3. The van der Waals surface area contributed by atoms with Crippen molar-refractivity contribution in [1.82, 2.24) is 14.1 Å². The zero-order valence-electron chi connectivity index (χ0n) is 30.8. The van der Waals surface area contributed by atoms with E-state index >= 15 is 0 Å². The SMILES string of the molecule is c1ccc(-c2nccn2-c2ccc3c(c2)-c2cc(-n4c5ccccc5c5ccccc54)cc([Si](c4ccccc4)(c4ccccc4)c4ccccc4)c2C3)cc1. The van der Waals surface area contributed by atoms with Gasteiger partial charge in [-0.1, -0.05) is 164 Å². The summed E-state index contributed by atoms with van der Waals surface area (Å²) in [5.41, 5.74) is 11.2. The number of hydrogen-bond donors (Lipinski definition) is 0. The standard InChI is InChI=1S/C52H37N3Si/c1-5-17-37(18-6-1)52-53-31-32-54(52)39-30-29-38-33-48-47(46(38)34-39)35-40(55-49-27-15-13-25-44(49)45-26-14-16-28-50(45)55)36-51(48)56(41-19-7-2-8-20-41,42-21-9-3-10-22-42)43-23-11-4-12-24-43/h1-32,34-36H,33H2. The second-order valence-electron chi connectivity index (χ2n) is 14.7. The van der Waals surface area contributed by atoms with Crippen LogP contribution in [0.3, 0.4) is 0 Å². The summed E-state index contributed by atoms with van der Waals surface area (Å²) in [6.07, 6.45) is 4.85. The van der Waals surface area contributed by atoms with Gasteiger partial charge in [0.1, 0.15) is 5.82 Å². The van der Waals surface area contributed by atoms with Crippen LogP contribution >= 0.6 is 0 Å². The van der Waals surface area contributed by atoms with E-state index in [1.807, 2.05) is 6.20 Å². The van der Waals surface area contributed by atoms with Crippen molar-refractivity contribution in [3.8, 4) is 33.9 Å². The van der Waals surface area contributed by atoms with E-state index in [4.69, 9.17) is 4.98 Å². The van der Waals surface area contributed by atoms with Crippen molar-refractivity contribution in [1.29, 1.82) is 0 Å². The third kappa shape index (κ3) is 4.93. The Morgan fingerprint density at radius 2 is 0.982 bits per heavy atom. The van der Waals surface area contributed by atoms with Crippen LogP contribution in [0.1, 0.15) is 11.1 Å². The van der Waals surface area contributed by atoms with Crippen molar-refractivity contribution >= 4 is 50.6 Å². The molecule has 1 aliphatic carbocycles. The highest BCUT2D eigenvalue weighted by molar-refractivity contribution is 7.20. The predicted octanol–water partition coefficient (Wildman–Crippen LogP) is 9.59. The molecule has 0 N–H and O–H groups in total. The van der Waals surface area contributed by atoms with Crippen molar-refractivity contribution < 1.29 is 0 Å². The van der Waals surface area contributed by atoms with E-state index in [1.54, 1.807) is 0 Å². The molecule has 1 aliphatic rings. The van der Waals surface area contributed by atoms with Crippen molar-refractivity contribution in [2.24, 2.45) is 0 Å². The van der Waals surface area contributed by atoms with Crippen LogP contribution in [-0.4, -0.2) is 22.2 Å². The molecule has 0 fully saturated rings. The highest BCUT2D eigenvalue weighted by atomic mass is 28.3. The van der Waals surface area contributed by atoms with Gasteiger partial charge in [0.2, 0.25) is 0 Å². The molecule has 4 heteroatoms. The molecule has 11 rings (SSSR count). The summed E-state index contributed by atoms with van der Waals surface area (Å²) in [5.74, 6) is 0.937. The molecular weight excluding hydrogens is 695 g/mol. The average Bonchev–Trinajstić information content (AvgIpc) is 4.00. The number of rotatable bonds is 7. The molecule has 0 spiro atoms. The van der Waals surface area contributed by atoms with Gasteiger partial charge >= 0.3 is 0 Å². The zero-order chi connectivity index (χ0) is 37.1. The minimum absolute atomic E-state index is 0.866. The average molecular weight is 732 g/mol. The summed E-state index contributed by atoms with van der Waals surface area (Å²) in [6.45, 7) is 0. The van der Waals surface area contributed by atoms with Crippen LogP contribution in [0.4, 0.5) is 0 Å². The van der Waals surface area contributed by atoms with Crippen molar-refractivity contribution in [3.05, 3.63) is 224 Å². The molecule has 3 nitrogen and oxygen atoms in total. The summed E-state index contributed by atoms with van der Waals surface area (Å²) >= 11 is 0. The Labute approximate surface area is 327 Å². The molecule has 0 atom stereocenters. The lowest BCUT2D eigenvalue weighted by molar-refractivity contribution is 1.07. The fraction of sp³-hybridized carbons (Fsp3) is 0.0192. The van der Waals surface area contributed by atoms with E-state index in [0.717, 1.165) is 23.5 Å². The first kappa shape index (κ1) is 32.4. The van der Waals surface area contributed by atoms with Gasteiger partial charge in [0.05, 0.1) is 11.0 Å². The number of benzene rings is 8. The maximum atomic E-state index is 4.82. The second-order valence-corrected chi connectivity index (χ2v) is 18.5. The van der Waals surface area contributed by atoms with Crippen LogP contribution < -0.4 is 20.7 Å². The van der Waals surface area contributed by atoms with Crippen LogP contribution in [0.25, 0.3) is 55.7 Å². The fourth-order valence-corrected chi connectivity index (χ4v) is 14.5. The first-order valence-corrected chi connectivity index (χ1v) is 21.3. The topological polar surface area (TPSA) is 22.8 Å². The van der Waals surface area contributed by atoms with Crippen LogP contribution in [0.15, 0.2) is 213 Å². The molecule has 10 aromatic rings. The largest absolute Gasteiger partial charge is 0.309 e. The second kappa shape index (κ2) is 13.1. The Bertz CT molecular complexity index is 2890. The molecule has 8 aromatic carbocycles. The third-order valence-electron chi connectivity index (χ3n) is 11.8. The monoisotopic (exact) mass is 731 g/mol. The highest BCUT2D eigenvalue weighted by Crippen LogP contribution is 2.41. The number of hydrogen-bond acceptors (Lipinski definition) is 1. The maximum absolute atomic E-state index is 4.82. The number of imidazole rings is 1. The lowest BCUT2D eigenvalue weighted by Crippen LogP contribution is -2.75. The third-order valence-corrected chi connectivity index (χ3v) is 16.7. The van der Waals surface area contributed by atoms with Crippen LogP contribution in [0.2, 0.25) is 0 Å². The molecule has 2 heterocycles. The first-order chi connectivity index (χ1) is 27.8. The zero-order valence-corrected chi connectivity index (χ0v) is 31.8. The molecule has 0 bridgehead atoms. The Kier molecular flexibility index (Phi) is 7.57. The number of aromatic nitrogens is 3. The number of fused-ring (bicyclic) bond motifs is 6. The summed E-state index contributed by atoms with van der Waals surface area (Å²) in [6, 6.07) is 74.2. The Morgan fingerprint density at radius 1 is 0.464 bits per heavy atom. The summed E-state index contributed by atoms with van der Waals surface area (Å²) < 4.78 is 4.72. The highest BCUT2D eigenvalue weighted by Gasteiger charge is 2.44. The smallest absolute Gasteiger partial charge is 0.180 e. The van der Waals surface area contributed by atoms with Gasteiger partial charge in [0.25, 0.3) is 0 Å². The van der Waals surface area contributed by atoms with Gasteiger partial charge in [-0.3, -0.25) is 4.57 Å². The molecule has 0 saturated carbocycles.